The van der Waals surface area contributed by atoms with E-state index in [1.807, 2.05) is 0 Å². The van der Waals surface area contributed by atoms with E-state index in [9.17, 15) is 18.8 Å². The Bertz CT molecular complexity index is 520. The fraction of sp³-hybridized carbons (Fsp3) is 0.333. The summed E-state index contributed by atoms with van der Waals surface area (Å²) >= 11 is 0. The predicted molar refractivity (Wildman–Crippen MR) is 64.6 cm³/mol. The maximum absolute atomic E-state index is 12.8. The van der Waals surface area contributed by atoms with Gasteiger partial charge in [-0.1, -0.05) is 6.07 Å². The third kappa shape index (κ3) is 5.01. The molecule has 0 saturated heterocycles. The molecule has 0 unspecified atom stereocenters. The van der Waals surface area contributed by atoms with Gasteiger partial charge in [-0.2, -0.15) is 4.39 Å². The summed E-state index contributed by atoms with van der Waals surface area (Å²) in [6, 6.07) is 2.33. The summed E-state index contributed by atoms with van der Waals surface area (Å²) in [5.41, 5.74) is -0.241. The van der Waals surface area contributed by atoms with Gasteiger partial charge < -0.3 is 15.5 Å². The average molecular weight is 284 g/mol. The van der Waals surface area contributed by atoms with Crippen LogP contribution in [0.15, 0.2) is 18.2 Å². The molecule has 8 heteroatoms. The summed E-state index contributed by atoms with van der Waals surface area (Å²) in [4.78, 5) is 36.3. The van der Waals surface area contributed by atoms with Crippen molar-refractivity contribution in [3.05, 3.63) is 29.8 Å². The Hall–Kier alpha value is -2.51. The zero-order valence-corrected chi connectivity index (χ0v) is 10.4. The van der Waals surface area contributed by atoms with Gasteiger partial charge in [-0.3, -0.25) is 9.59 Å². The Labute approximate surface area is 113 Å². The van der Waals surface area contributed by atoms with Gasteiger partial charge in [-0.25, -0.2) is 9.78 Å². The molecule has 3 N–H and O–H groups in total. The van der Waals surface area contributed by atoms with Crippen LogP contribution in [-0.2, 0) is 9.59 Å². The molecule has 108 valence electrons. The van der Waals surface area contributed by atoms with Crippen LogP contribution in [0.25, 0.3) is 0 Å². The number of hydrogen-bond acceptors (Lipinski definition) is 4. The highest BCUT2D eigenvalue weighted by Crippen LogP contribution is 2.04. The van der Waals surface area contributed by atoms with Gasteiger partial charge in [0, 0.05) is 6.42 Å². The second-order valence-electron chi connectivity index (χ2n) is 4.00. The van der Waals surface area contributed by atoms with Crippen molar-refractivity contribution in [2.75, 3.05) is 0 Å². The molecule has 0 bridgehead atoms. The maximum atomic E-state index is 12.8. The number of hydrogen-bond donors (Lipinski definition) is 3. The van der Waals surface area contributed by atoms with Gasteiger partial charge >= 0.3 is 11.9 Å². The van der Waals surface area contributed by atoms with Crippen LogP contribution in [0.4, 0.5) is 4.39 Å². The summed E-state index contributed by atoms with van der Waals surface area (Å²) in [6.07, 6.45) is -0.135. The van der Waals surface area contributed by atoms with E-state index in [0.29, 0.717) is 0 Å². The van der Waals surface area contributed by atoms with Crippen molar-refractivity contribution >= 4 is 17.8 Å². The van der Waals surface area contributed by atoms with Crippen LogP contribution in [0.3, 0.4) is 0 Å². The number of amides is 1. The van der Waals surface area contributed by atoms with E-state index in [-0.39, 0.29) is 25.0 Å². The maximum Gasteiger partial charge on any atom is 0.326 e. The Morgan fingerprint density at radius 1 is 1.30 bits per heavy atom. The van der Waals surface area contributed by atoms with Gasteiger partial charge in [0.1, 0.15) is 11.7 Å². The molecule has 0 aliphatic rings. The van der Waals surface area contributed by atoms with Crippen LogP contribution in [-0.4, -0.2) is 39.1 Å². The molecule has 0 aromatic carbocycles. The Balaban J connectivity index is 2.63. The van der Waals surface area contributed by atoms with E-state index in [0.717, 1.165) is 6.07 Å². The average Bonchev–Trinajstić information content (AvgIpc) is 2.36. The van der Waals surface area contributed by atoms with Crippen LogP contribution in [0.2, 0.25) is 0 Å². The summed E-state index contributed by atoms with van der Waals surface area (Å²) in [7, 11) is 0. The predicted octanol–water partition coefficient (Wildman–Crippen LogP) is 0.659. The van der Waals surface area contributed by atoms with Crippen molar-refractivity contribution in [2.45, 2.75) is 25.3 Å². The molecule has 1 aromatic heterocycles. The normalized spacial score (nSPS) is 11.7. The van der Waals surface area contributed by atoms with Crippen molar-refractivity contribution in [3.8, 4) is 0 Å². The van der Waals surface area contributed by atoms with Crippen LogP contribution < -0.4 is 5.32 Å². The number of pyridine rings is 1. The fourth-order valence-corrected chi connectivity index (χ4v) is 1.48. The first-order valence-electron chi connectivity index (χ1n) is 5.78. The highest BCUT2D eigenvalue weighted by molar-refractivity contribution is 5.94. The van der Waals surface area contributed by atoms with Crippen molar-refractivity contribution in [1.82, 2.24) is 10.3 Å². The van der Waals surface area contributed by atoms with E-state index >= 15 is 0 Å². The van der Waals surface area contributed by atoms with Crippen LogP contribution >= 0.6 is 0 Å². The van der Waals surface area contributed by atoms with Crippen LogP contribution in [0.1, 0.15) is 29.8 Å². The number of carbonyl (C=O) groups excluding carboxylic acids is 1. The molecule has 0 radical (unpaired) electrons. The van der Waals surface area contributed by atoms with Crippen molar-refractivity contribution < 1.29 is 29.0 Å². The highest BCUT2D eigenvalue weighted by Gasteiger charge is 2.21. The summed E-state index contributed by atoms with van der Waals surface area (Å²) < 4.78 is 12.8. The minimum atomic E-state index is -1.29. The quantitative estimate of drug-likeness (QED) is 0.633. The third-order valence-electron chi connectivity index (χ3n) is 2.43. The number of carbonyl (C=O) groups is 3. The van der Waals surface area contributed by atoms with E-state index in [1.54, 1.807) is 0 Å². The Kier molecular flexibility index (Phi) is 5.57. The van der Waals surface area contributed by atoms with Crippen molar-refractivity contribution in [3.63, 3.8) is 0 Å². The molecule has 20 heavy (non-hydrogen) atoms. The summed E-state index contributed by atoms with van der Waals surface area (Å²) in [5, 5.41) is 19.6. The second kappa shape index (κ2) is 7.17. The van der Waals surface area contributed by atoms with E-state index < -0.39 is 29.8 Å². The van der Waals surface area contributed by atoms with Crippen LogP contribution in [0, 0.1) is 5.95 Å². The Morgan fingerprint density at radius 2 is 2.00 bits per heavy atom. The lowest BCUT2D eigenvalue weighted by atomic mass is 10.1. The van der Waals surface area contributed by atoms with Crippen molar-refractivity contribution in [2.24, 2.45) is 0 Å². The lowest BCUT2D eigenvalue weighted by molar-refractivity contribution is -0.140. The van der Waals surface area contributed by atoms with Gasteiger partial charge in [-0.05, 0) is 25.0 Å². The number of carboxylic acids is 2. The monoisotopic (exact) mass is 284 g/mol. The van der Waals surface area contributed by atoms with Gasteiger partial charge in [-0.15, -0.1) is 0 Å². The molecule has 0 aliphatic heterocycles. The molecule has 1 atom stereocenters. The SMILES string of the molecule is O=C(O)CCC[C@@H](NC(=O)c1cccc(F)n1)C(=O)O. The topological polar surface area (TPSA) is 117 Å². The minimum absolute atomic E-state index is 0.0390. The number of aliphatic carboxylic acids is 2. The largest absolute Gasteiger partial charge is 0.481 e. The lowest BCUT2D eigenvalue weighted by Crippen LogP contribution is -2.41. The molecule has 1 aromatic rings. The molecule has 0 saturated carbocycles. The van der Waals surface area contributed by atoms with Crippen molar-refractivity contribution in [1.29, 1.82) is 0 Å². The third-order valence-corrected chi connectivity index (χ3v) is 2.43. The van der Waals surface area contributed by atoms with E-state index in [4.69, 9.17) is 10.2 Å². The molecule has 1 amide bonds. The van der Waals surface area contributed by atoms with Gasteiger partial charge in [0.05, 0.1) is 0 Å². The van der Waals surface area contributed by atoms with Gasteiger partial charge in [0.15, 0.2) is 0 Å². The van der Waals surface area contributed by atoms with E-state index in [2.05, 4.69) is 10.3 Å². The zero-order chi connectivity index (χ0) is 15.1. The zero-order valence-electron chi connectivity index (χ0n) is 10.4. The first-order valence-corrected chi connectivity index (χ1v) is 5.78. The number of carboxylic acid groups (broad SMARTS) is 2. The number of rotatable bonds is 7. The first kappa shape index (κ1) is 15.5. The molecule has 7 nitrogen and oxygen atoms in total. The standard InChI is InChI=1S/C12H13FN2O5/c13-9-5-1-3-7(14-9)11(18)15-8(12(19)20)4-2-6-10(16)17/h1,3,5,8H,2,4,6H2,(H,15,18)(H,16,17)(H,19,20)/t8-/m1/s1. The minimum Gasteiger partial charge on any atom is -0.481 e. The molecular formula is C12H13FN2O5. The second-order valence-corrected chi connectivity index (χ2v) is 4.00. The van der Waals surface area contributed by atoms with Gasteiger partial charge in [0.25, 0.3) is 5.91 Å². The number of halogens is 1. The Morgan fingerprint density at radius 3 is 2.55 bits per heavy atom. The smallest absolute Gasteiger partial charge is 0.326 e. The lowest BCUT2D eigenvalue weighted by Gasteiger charge is -2.13. The fourth-order valence-electron chi connectivity index (χ4n) is 1.48. The molecule has 0 fully saturated rings. The number of nitrogens with zero attached hydrogens (tertiary/aromatic N) is 1. The highest BCUT2D eigenvalue weighted by atomic mass is 19.1. The number of aromatic nitrogens is 1. The van der Waals surface area contributed by atoms with Gasteiger partial charge in [0.2, 0.25) is 5.95 Å². The van der Waals surface area contributed by atoms with E-state index in [1.165, 1.54) is 12.1 Å². The van der Waals surface area contributed by atoms with Crippen LogP contribution in [0.5, 0.6) is 0 Å². The molecular weight excluding hydrogens is 271 g/mol. The molecule has 0 aliphatic carbocycles. The summed E-state index contributed by atoms with van der Waals surface area (Å²) in [5.74, 6) is -4.02. The first-order chi connectivity index (χ1) is 9.40. The molecule has 1 heterocycles. The molecule has 0 spiro atoms. The molecule has 1 rings (SSSR count). The number of nitrogens with one attached hydrogen (secondary N) is 1. The summed E-state index contributed by atoms with van der Waals surface area (Å²) in [6.45, 7) is 0.